The molecule has 3 rings (SSSR count). The van der Waals surface area contributed by atoms with Crippen LogP contribution in [0, 0.1) is 6.57 Å². The second kappa shape index (κ2) is 5.33. The van der Waals surface area contributed by atoms with Crippen LogP contribution in [0.25, 0.3) is 4.85 Å². The van der Waals surface area contributed by atoms with Crippen LogP contribution in [-0.4, -0.2) is 39.0 Å². The molecule has 2 fully saturated rings. The molecule has 1 aromatic rings. The highest BCUT2D eigenvalue weighted by molar-refractivity contribution is 8.01. The molecule has 3 atom stereocenters. The average molecular weight is 316 g/mol. The van der Waals surface area contributed by atoms with Crippen molar-refractivity contribution in [1.82, 2.24) is 4.90 Å². The minimum atomic E-state index is -0.656. The summed E-state index contributed by atoms with van der Waals surface area (Å²) in [6.07, 6.45) is 0. The molecule has 0 aromatic heterocycles. The first-order valence-corrected chi connectivity index (χ1v) is 7.91. The number of hydrogen-bond acceptors (Lipinski definition) is 4. The molecule has 2 unspecified atom stereocenters. The van der Waals surface area contributed by atoms with E-state index in [-0.39, 0.29) is 17.9 Å². The van der Waals surface area contributed by atoms with Crippen LogP contribution in [0.4, 0.5) is 0 Å². The maximum atomic E-state index is 12.5. The van der Waals surface area contributed by atoms with Gasteiger partial charge in [0.15, 0.2) is 5.37 Å². The lowest BCUT2D eigenvalue weighted by Gasteiger charge is -2.37. The maximum Gasteiger partial charge on any atom is 0.330 e. The van der Waals surface area contributed by atoms with E-state index in [0.29, 0.717) is 0 Å². The van der Waals surface area contributed by atoms with Crippen molar-refractivity contribution in [3.05, 3.63) is 47.3 Å². The van der Waals surface area contributed by atoms with E-state index in [1.165, 1.54) is 16.7 Å². The Morgan fingerprint density at radius 3 is 2.73 bits per heavy atom. The molecule has 0 N–H and O–H groups in total. The summed E-state index contributed by atoms with van der Waals surface area (Å²) < 4.78 is 4.94. The van der Waals surface area contributed by atoms with Crippen molar-refractivity contribution in [2.75, 3.05) is 0 Å². The third-order valence-corrected chi connectivity index (χ3v) is 5.56. The highest BCUT2D eigenvalue weighted by Gasteiger charge is 2.67. The summed E-state index contributed by atoms with van der Waals surface area (Å²) >= 11 is 1.50. The SMILES string of the molecule is [C-]#[N+]C1C(=O)N2C1SC(C)(C)[C@@H]2C(=O)OCc1ccccc1. The van der Waals surface area contributed by atoms with E-state index in [2.05, 4.69) is 4.85 Å². The minimum Gasteiger partial charge on any atom is -0.459 e. The van der Waals surface area contributed by atoms with E-state index in [1.807, 2.05) is 44.2 Å². The van der Waals surface area contributed by atoms with E-state index in [4.69, 9.17) is 11.3 Å². The standard InChI is InChI=1S/C16H16N2O3S/c1-16(2)12(18-13(19)11(17-3)14(18)22-16)15(20)21-9-10-7-5-4-6-8-10/h4-8,11-12,14H,9H2,1-2H3/t11?,12-,14?/m0/s1. The number of rotatable bonds is 3. The highest BCUT2D eigenvalue weighted by atomic mass is 32.2. The van der Waals surface area contributed by atoms with Gasteiger partial charge in [0.2, 0.25) is 0 Å². The lowest BCUT2D eigenvalue weighted by Crippen LogP contribution is -2.64. The van der Waals surface area contributed by atoms with E-state index >= 15 is 0 Å². The Hall–Kier alpha value is -2.00. The van der Waals surface area contributed by atoms with E-state index in [1.54, 1.807) is 0 Å². The smallest absolute Gasteiger partial charge is 0.330 e. The number of amides is 1. The number of carbonyl (C=O) groups is 2. The maximum absolute atomic E-state index is 12.5. The Labute approximate surface area is 133 Å². The fourth-order valence-corrected chi connectivity index (χ4v) is 4.51. The molecule has 2 saturated heterocycles. The second-order valence-corrected chi connectivity index (χ2v) is 7.70. The van der Waals surface area contributed by atoms with Crippen molar-refractivity contribution in [1.29, 1.82) is 0 Å². The van der Waals surface area contributed by atoms with Crippen LogP contribution in [0.3, 0.4) is 0 Å². The van der Waals surface area contributed by atoms with Crippen molar-refractivity contribution in [2.24, 2.45) is 0 Å². The zero-order chi connectivity index (χ0) is 15.9. The summed E-state index contributed by atoms with van der Waals surface area (Å²) in [6, 6.07) is 8.15. The van der Waals surface area contributed by atoms with E-state index in [9.17, 15) is 9.59 Å². The van der Waals surface area contributed by atoms with Crippen molar-refractivity contribution in [2.45, 2.75) is 42.7 Å². The Kier molecular flexibility index (Phi) is 3.61. The van der Waals surface area contributed by atoms with Gasteiger partial charge >= 0.3 is 17.9 Å². The van der Waals surface area contributed by atoms with Gasteiger partial charge in [-0.2, -0.15) is 0 Å². The number of fused-ring (bicyclic) bond motifs is 1. The summed E-state index contributed by atoms with van der Waals surface area (Å²) in [7, 11) is 0. The molecular weight excluding hydrogens is 300 g/mol. The van der Waals surface area contributed by atoms with Crippen LogP contribution in [0.15, 0.2) is 30.3 Å². The first kappa shape index (κ1) is 14.9. The van der Waals surface area contributed by atoms with Gasteiger partial charge in [-0.1, -0.05) is 30.3 Å². The molecule has 1 aromatic carbocycles. The summed E-state index contributed by atoms with van der Waals surface area (Å²) in [5.74, 6) is -0.666. The number of benzene rings is 1. The predicted molar refractivity (Wildman–Crippen MR) is 82.7 cm³/mol. The summed E-state index contributed by atoms with van der Waals surface area (Å²) in [4.78, 5) is 29.4. The molecule has 5 nitrogen and oxygen atoms in total. The van der Waals surface area contributed by atoms with Gasteiger partial charge in [-0.15, -0.1) is 11.8 Å². The molecule has 2 aliphatic rings. The van der Waals surface area contributed by atoms with Crippen molar-refractivity contribution >= 4 is 23.6 Å². The fourth-order valence-electron chi connectivity index (χ4n) is 2.90. The molecule has 0 spiro atoms. The quantitative estimate of drug-likeness (QED) is 0.487. The molecule has 2 aliphatic heterocycles. The van der Waals surface area contributed by atoms with Gasteiger partial charge < -0.3 is 9.64 Å². The Morgan fingerprint density at radius 2 is 2.09 bits per heavy atom. The van der Waals surface area contributed by atoms with Crippen LogP contribution in [0.1, 0.15) is 19.4 Å². The number of thioether (sulfide) groups is 1. The van der Waals surface area contributed by atoms with Gasteiger partial charge in [0.1, 0.15) is 12.6 Å². The van der Waals surface area contributed by atoms with E-state index < -0.39 is 22.8 Å². The molecule has 0 bridgehead atoms. The topological polar surface area (TPSA) is 51.0 Å². The first-order valence-electron chi connectivity index (χ1n) is 7.03. The highest BCUT2D eigenvalue weighted by Crippen LogP contribution is 2.51. The third-order valence-electron chi connectivity index (χ3n) is 4.00. The fraction of sp³-hybridized carbons (Fsp3) is 0.438. The van der Waals surface area contributed by atoms with Crippen molar-refractivity contribution < 1.29 is 14.3 Å². The second-order valence-electron chi connectivity index (χ2n) is 5.93. The minimum absolute atomic E-state index is 0.190. The molecule has 22 heavy (non-hydrogen) atoms. The van der Waals surface area contributed by atoms with Gasteiger partial charge in [0.25, 0.3) is 0 Å². The van der Waals surface area contributed by atoms with Crippen molar-refractivity contribution in [3.63, 3.8) is 0 Å². The largest absolute Gasteiger partial charge is 0.459 e. The molecule has 2 heterocycles. The van der Waals surface area contributed by atoms with Gasteiger partial charge in [-0.05, 0) is 19.4 Å². The van der Waals surface area contributed by atoms with Crippen LogP contribution >= 0.6 is 11.8 Å². The van der Waals surface area contributed by atoms with Gasteiger partial charge in [0.05, 0.1) is 0 Å². The number of β-lactam (4-membered cyclic amide) rings is 1. The van der Waals surface area contributed by atoms with Gasteiger partial charge in [-0.25, -0.2) is 11.4 Å². The molecule has 0 radical (unpaired) electrons. The third kappa shape index (κ3) is 2.26. The monoisotopic (exact) mass is 316 g/mol. The Morgan fingerprint density at radius 1 is 1.41 bits per heavy atom. The average Bonchev–Trinajstić information content (AvgIpc) is 2.74. The van der Waals surface area contributed by atoms with Crippen LogP contribution in [-0.2, 0) is 20.9 Å². The van der Waals surface area contributed by atoms with Crippen LogP contribution < -0.4 is 0 Å². The number of ether oxygens (including phenoxy) is 1. The van der Waals surface area contributed by atoms with E-state index in [0.717, 1.165) is 5.56 Å². The molecule has 6 heteroatoms. The number of hydrogen-bond donors (Lipinski definition) is 0. The lowest BCUT2D eigenvalue weighted by molar-refractivity contribution is -0.162. The Balaban J connectivity index is 1.72. The predicted octanol–water partition coefficient (Wildman–Crippen LogP) is 2.08. The van der Waals surface area contributed by atoms with Crippen LogP contribution in [0.5, 0.6) is 0 Å². The summed E-state index contributed by atoms with van der Waals surface area (Å²) in [6.45, 7) is 11.1. The Bertz CT molecular complexity index is 653. The van der Waals surface area contributed by atoms with Crippen molar-refractivity contribution in [3.8, 4) is 0 Å². The number of carbonyl (C=O) groups excluding carboxylic acids is 2. The molecule has 114 valence electrons. The molecular formula is C16H16N2O3S. The van der Waals surface area contributed by atoms with Gasteiger partial charge in [-0.3, -0.25) is 9.64 Å². The van der Waals surface area contributed by atoms with Gasteiger partial charge in [0, 0.05) is 4.75 Å². The lowest BCUT2D eigenvalue weighted by atomic mass is 9.96. The molecule has 0 saturated carbocycles. The first-order chi connectivity index (χ1) is 10.5. The zero-order valence-corrected chi connectivity index (χ0v) is 13.2. The normalized spacial score (nSPS) is 28.5. The zero-order valence-electron chi connectivity index (χ0n) is 12.4. The molecule has 1 amide bonds. The number of nitrogens with zero attached hydrogens (tertiary/aromatic N) is 2. The molecule has 0 aliphatic carbocycles. The summed E-state index contributed by atoms with van der Waals surface area (Å²) in [5.41, 5.74) is 0.907. The summed E-state index contributed by atoms with van der Waals surface area (Å²) in [5, 5.41) is -0.228. The number of esters is 1. The van der Waals surface area contributed by atoms with Crippen LogP contribution in [0.2, 0.25) is 0 Å².